The molecular formula is C13H12O8. The van der Waals surface area contributed by atoms with E-state index in [0.717, 1.165) is 26.0 Å². The largest absolute Gasteiger partial charge is 0.504 e. The van der Waals surface area contributed by atoms with Crippen LogP contribution in [0.2, 0.25) is 0 Å². The fourth-order valence-corrected chi connectivity index (χ4v) is 1.38. The molecular weight excluding hydrogens is 284 g/mol. The Labute approximate surface area is 118 Å². The molecule has 8 nitrogen and oxygen atoms in total. The van der Waals surface area contributed by atoms with Gasteiger partial charge in [-0.25, -0.2) is 4.79 Å². The van der Waals surface area contributed by atoms with Gasteiger partial charge in [0.05, 0.1) is 0 Å². The molecule has 3 N–H and O–H groups in total. The van der Waals surface area contributed by atoms with E-state index in [2.05, 4.69) is 4.74 Å². The first kappa shape index (κ1) is 16.0. The van der Waals surface area contributed by atoms with Gasteiger partial charge < -0.3 is 24.8 Å². The molecule has 21 heavy (non-hydrogen) atoms. The highest BCUT2D eigenvalue weighted by atomic mass is 16.6. The summed E-state index contributed by atoms with van der Waals surface area (Å²) in [5.41, 5.74) is -0.0702. The van der Waals surface area contributed by atoms with E-state index >= 15 is 0 Å². The van der Waals surface area contributed by atoms with Crippen LogP contribution in [0.25, 0.3) is 5.76 Å². The third-order valence-corrected chi connectivity index (χ3v) is 2.13. The zero-order chi connectivity index (χ0) is 16.2. The molecule has 1 aromatic carbocycles. The van der Waals surface area contributed by atoms with Gasteiger partial charge in [-0.05, 0) is 18.2 Å². The Morgan fingerprint density at radius 2 is 1.52 bits per heavy atom. The smallest absolute Gasteiger partial charge is 0.375 e. The van der Waals surface area contributed by atoms with Crippen molar-refractivity contribution in [3.63, 3.8) is 0 Å². The Bertz CT molecular complexity index is 629. The van der Waals surface area contributed by atoms with Crippen molar-refractivity contribution in [3.8, 4) is 11.5 Å². The average Bonchev–Trinajstić information content (AvgIpc) is 2.36. The van der Waals surface area contributed by atoms with E-state index in [1.807, 2.05) is 0 Å². The quantitative estimate of drug-likeness (QED) is 0.324. The molecule has 0 heterocycles. The maximum absolute atomic E-state index is 11.1. The molecule has 8 heteroatoms. The highest BCUT2D eigenvalue weighted by Crippen LogP contribution is 2.30. The summed E-state index contributed by atoms with van der Waals surface area (Å²) in [6.07, 6.45) is 0. The topological polar surface area (TPSA) is 130 Å². The van der Waals surface area contributed by atoms with Gasteiger partial charge in [0.15, 0.2) is 17.3 Å². The van der Waals surface area contributed by atoms with Crippen LogP contribution in [0.1, 0.15) is 19.4 Å². The molecule has 1 aromatic rings. The maximum atomic E-state index is 11.1. The van der Waals surface area contributed by atoms with E-state index in [-0.39, 0.29) is 5.56 Å². The van der Waals surface area contributed by atoms with Gasteiger partial charge in [0, 0.05) is 19.4 Å². The summed E-state index contributed by atoms with van der Waals surface area (Å²) in [5.74, 6) is -5.93. The van der Waals surface area contributed by atoms with Crippen LogP contribution >= 0.6 is 0 Å². The number of carbonyl (C=O) groups is 3. The van der Waals surface area contributed by atoms with Crippen LogP contribution in [0, 0.1) is 0 Å². The molecule has 0 amide bonds. The molecule has 0 fully saturated rings. The van der Waals surface area contributed by atoms with E-state index < -0.39 is 40.9 Å². The molecule has 0 aliphatic carbocycles. The van der Waals surface area contributed by atoms with Gasteiger partial charge >= 0.3 is 17.9 Å². The zero-order valence-electron chi connectivity index (χ0n) is 11.1. The van der Waals surface area contributed by atoms with Gasteiger partial charge in [-0.15, -0.1) is 0 Å². The van der Waals surface area contributed by atoms with Gasteiger partial charge in [-0.3, -0.25) is 9.59 Å². The molecule has 112 valence electrons. The van der Waals surface area contributed by atoms with Gasteiger partial charge in [-0.1, -0.05) is 0 Å². The summed E-state index contributed by atoms with van der Waals surface area (Å²) in [7, 11) is 0. The number of aliphatic carboxylic acids is 1. The minimum atomic E-state index is -1.64. The van der Waals surface area contributed by atoms with Gasteiger partial charge in [0.2, 0.25) is 0 Å². The second kappa shape index (κ2) is 6.42. The van der Waals surface area contributed by atoms with E-state index in [0.29, 0.717) is 0 Å². The third-order valence-electron chi connectivity index (χ3n) is 2.13. The van der Waals surface area contributed by atoms with Gasteiger partial charge in [0.1, 0.15) is 0 Å². The van der Waals surface area contributed by atoms with E-state index in [1.54, 1.807) is 0 Å². The lowest BCUT2D eigenvalue weighted by molar-refractivity contribution is -0.147. The van der Waals surface area contributed by atoms with Crippen molar-refractivity contribution in [2.24, 2.45) is 0 Å². The van der Waals surface area contributed by atoms with Crippen LogP contribution < -0.4 is 0 Å². The second-order valence-electron chi connectivity index (χ2n) is 3.85. The van der Waals surface area contributed by atoms with Crippen LogP contribution in [0.15, 0.2) is 24.0 Å². The summed E-state index contributed by atoms with van der Waals surface area (Å²) in [6.45, 7) is 2.00. The van der Waals surface area contributed by atoms with Crippen molar-refractivity contribution < 1.29 is 39.2 Å². The summed E-state index contributed by atoms with van der Waals surface area (Å²) < 4.78 is 9.26. The fraction of sp³-hybridized carbons (Fsp3) is 0.154. The number of carboxylic acids is 1. The molecule has 0 bridgehead atoms. The first-order chi connectivity index (χ1) is 9.72. The van der Waals surface area contributed by atoms with Crippen molar-refractivity contribution in [1.82, 2.24) is 0 Å². The van der Waals surface area contributed by atoms with Gasteiger partial charge in [0.25, 0.3) is 5.76 Å². The number of hydrogen-bond acceptors (Lipinski definition) is 7. The number of aromatic hydroxyl groups is 2. The fourth-order valence-electron chi connectivity index (χ4n) is 1.38. The second-order valence-corrected chi connectivity index (χ2v) is 3.85. The number of rotatable bonds is 4. The van der Waals surface area contributed by atoms with Crippen LogP contribution in [0.4, 0.5) is 0 Å². The van der Waals surface area contributed by atoms with Crippen molar-refractivity contribution in [2.45, 2.75) is 13.8 Å². The Balaban J connectivity index is 3.50. The number of ether oxygens (including phenoxy) is 2. The lowest BCUT2D eigenvalue weighted by Crippen LogP contribution is -2.14. The zero-order valence-corrected chi connectivity index (χ0v) is 11.1. The van der Waals surface area contributed by atoms with Crippen molar-refractivity contribution in [2.75, 3.05) is 0 Å². The lowest BCUT2D eigenvalue weighted by atomic mass is 10.1. The minimum absolute atomic E-state index is 0.0702. The molecule has 0 spiro atoms. The molecule has 0 unspecified atom stereocenters. The molecule has 0 aromatic heterocycles. The molecule has 0 saturated heterocycles. The van der Waals surface area contributed by atoms with Crippen molar-refractivity contribution >= 4 is 23.7 Å². The highest BCUT2D eigenvalue weighted by molar-refractivity contribution is 5.96. The molecule has 0 aliphatic rings. The third kappa shape index (κ3) is 4.23. The summed E-state index contributed by atoms with van der Waals surface area (Å²) >= 11 is 0. The molecule has 1 rings (SSSR count). The van der Waals surface area contributed by atoms with E-state index in [1.165, 1.54) is 6.07 Å². The van der Waals surface area contributed by atoms with E-state index in [9.17, 15) is 24.6 Å². The van der Waals surface area contributed by atoms with E-state index in [4.69, 9.17) is 9.84 Å². The molecule has 0 saturated carbocycles. The SMILES string of the molecule is CC(=O)OC(C(=O)O)=C(OC(C)=O)c1ccc(O)c(O)c1. The monoisotopic (exact) mass is 296 g/mol. The van der Waals surface area contributed by atoms with Crippen molar-refractivity contribution in [1.29, 1.82) is 0 Å². The number of hydrogen-bond donors (Lipinski definition) is 3. The molecule has 0 atom stereocenters. The Morgan fingerprint density at radius 1 is 0.952 bits per heavy atom. The van der Waals surface area contributed by atoms with Crippen LogP contribution in [-0.4, -0.2) is 33.2 Å². The standard InChI is InChI=1S/C13H12O8/c1-6(14)20-11(12(13(18)19)21-7(2)15)8-3-4-9(16)10(17)5-8/h3-5,16-17H,1-2H3,(H,18,19). The number of esters is 2. The summed E-state index contributed by atoms with van der Waals surface area (Å²) in [4.78, 5) is 33.2. The number of phenols is 2. The minimum Gasteiger partial charge on any atom is -0.504 e. The first-order valence-corrected chi connectivity index (χ1v) is 5.59. The maximum Gasteiger partial charge on any atom is 0.375 e. The predicted octanol–water partition coefficient (Wildman–Crippen LogP) is 0.977. The van der Waals surface area contributed by atoms with Crippen molar-refractivity contribution in [3.05, 3.63) is 29.5 Å². The first-order valence-electron chi connectivity index (χ1n) is 5.59. The Hall–Kier alpha value is -3.03. The van der Waals surface area contributed by atoms with Gasteiger partial charge in [-0.2, -0.15) is 0 Å². The predicted molar refractivity (Wildman–Crippen MR) is 67.9 cm³/mol. The van der Waals surface area contributed by atoms with Crippen LogP contribution in [0.3, 0.4) is 0 Å². The average molecular weight is 296 g/mol. The number of carboxylic acid groups (broad SMARTS) is 1. The van der Waals surface area contributed by atoms with Crippen LogP contribution in [-0.2, 0) is 23.9 Å². The number of phenolic OH excluding ortho intramolecular Hbond substituents is 2. The number of carbonyl (C=O) groups excluding carboxylic acids is 2. The molecule has 0 radical (unpaired) electrons. The Morgan fingerprint density at radius 3 is 1.95 bits per heavy atom. The number of benzene rings is 1. The normalized spacial score (nSPS) is 11.3. The van der Waals surface area contributed by atoms with Crippen LogP contribution in [0.5, 0.6) is 11.5 Å². The Kier molecular flexibility index (Phi) is 4.90. The highest BCUT2D eigenvalue weighted by Gasteiger charge is 2.24. The molecule has 0 aliphatic heterocycles. The summed E-state index contributed by atoms with van der Waals surface area (Å²) in [6, 6.07) is 3.20. The summed E-state index contributed by atoms with van der Waals surface area (Å²) in [5, 5.41) is 27.7. The lowest BCUT2D eigenvalue weighted by Gasteiger charge is -2.12.